The largest absolute Gasteiger partial charge is 0.478 e. The Kier molecular flexibility index (Phi) is 5.65. The van der Waals surface area contributed by atoms with Crippen molar-refractivity contribution < 1.29 is 23.1 Å². The summed E-state index contributed by atoms with van der Waals surface area (Å²) in [5.74, 6) is -2.35. The molecule has 3 aromatic carbocycles. The number of nitrogens with two attached hydrogens (primary N) is 2. The molecule has 0 fully saturated rings. The van der Waals surface area contributed by atoms with Crippen LogP contribution in [0, 0.1) is 11.6 Å². The van der Waals surface area contributed by atoms with Gasteiger partial charge in [-0.2, -0.15) is 0 Å². The van der Waals surface area contributed by atoms with E-state index in [1.165, 1.54) is 18.2 Å². The van der Waals surface area contributed by atoms with Crippen LogP contribution in [0.25, 0.3) is 22.6 Å². The number of carbonyl (C=O) groups is 1. The van der Waals surface area contributed by atoms with Gasteiger partial charge in [0.1, 0.15) is 17.2 Å². The van der Waals surface area contributed by atoms with Crippen LogP contribution in [0.3, 0.4) is 0 Å². The Labute approximate surface area is 168 Å². The Morgan fingerprint density at radius 2 is 1.62 bits per heavy atom. The van der Waals surface area contributed by atoms with Crippen LogP contribution < -0.4 is 11.5 Å². The number of nitrogen functional groups attached to an aromatic ring is 2. The Bertz CT molecular complexity index is 1210. The summed E-state index contributed by atoms with van der Waals surface area (Å²) in [6.45, 7) is 0. The highest BCUT2D eigenvalue weighted by Crippen LogP contribution is 2.28. The first kappa shape index (κ1) is 20.1. The predicted octanol–water partition coefficient (Wildman–Crippen LogP) is 4.98. The van der Waals surface area contributed by atoms with Crippen molar-refractivity contribution in [2.75, 3.05) is 11.5 Å². The summed E-state index contributed by atoms with van der Waals surface area (Å²) in [7, 11) is 0. The highest BCUT2D eigenvalue weighted by Gasteiger charge is 2.13. The molecule has 4 aromatic rings. The minimum Gasteiger partial charge on any atom is -0.478 e. The van der Waals surface area contributed by atoms with Gasteiger partial charge in [-0.25, -0.2) is 18.6 Å². The summed E-state index contributed by atoms with van der Waals surface area (Å²) in [5, 5.41) is 8.93. The normalized spacial score (nSPS) is 10.4. The van der Waals surface area contributed by atoms with Gasteiger partial charge in [0.05, 0.1) is 11.1 Å². The van der Waals surface area contributed by atoms with Gasteiger partial charge in [-0.05, 0) is 54.6 Å². The van der Waals surface area contributed by atoms with Crippen molar-refractivity contribution in [3.8, 4) is 11.5 Å². The zero-order valence-corrected chi connectivity index (χ0v) is 15.5. The zero-order chi connectivity index (χ0) is 21.1. The number of benzene rings is 3. The third kappa shape index (κ3) is 4.61. The van der Waals surface area contributed by atoms with Crippen molar-refractivity contribution in [3.05, 3.63) is 76.8 Å². The maximum absolute atomic E-state index is 13.7. The van der Waals surface area contributed by atoms with Gasteiger partial charge in [-0.3, -0.25) is 0 Å². The highest BCUT2D eigenvalue weighted by molar-refractivity contribution is 6.31. The van der Waals surface area contributed by atoms with E-state index in [1.54, 1.807) is 24.3 Å². The smallest absolute Gasteiger partial charge is 0.338 e. The van der Waals surface area contributed by atoms with Gasteiger partial charge in [0.25, 0.3) is 0 Å². The molecular weight excluding hydrogens is 404 g/mol. The SMILES string of the molecule is Nc1ccc(-c2nc3cc(Cl)ccc3o2)c(F)c1.Nc1ccc(C(=O)O)c(F)c1. The maximum Gasteiger partial charge on any atom is 0.338 e. The van der Waals surface area contributed by atoms with E-state index in [-0.39, 0.29) is 22.7 Å². The molecule has 0 radical (unpaired) electrons. The summed E-state index contributed by atoms with van der Waals surface area (Å²) >= 11 is 5.85. The topological polar surface area (TPSA) is 115 Å². The van der Waals surface area contributed by atoms with E-state index < -0.39 is 17.6 Å². The molecule has 0 saturated carbocycles. The number of halogens is 3. The number of anilines is 2. The molecule has 0 bridgehead atoms. The number of carboxylic acids is 1. The van der Waals surface area contributed by atoms with Gasteiger partial charge in [0.2, 0.25) is 5.89 Å². The van der Waals surface area contributed by atoms with Crippen LogP contribution in [0.4, 0.5) is 20.2 Å². The second-order valence-corrected chi connectivity index (χ2v) is 6.35. The molecule has 4 rings (SSSR count). The van der Waals surface area contributed by atoms with Crippen LogP contribution >= 0.6 is 11.6 Å². The van der Waals surface area contributed by atoms with E-state index in [0.717, 1.165) is 12.1 Å². The van der Waals surface area contributed by atoms with Gasteiger partial charge in [-0.15, -0.1) is 0 Å². The molecule has 0 aliphatic rings. The lowest BCUT2D eigenvalue weighted by atomic mass is 10.2. The van der Waals surface area contributed by atoms with Crippen LogP contribution in [0.15, 0.2) is 59.0 Å². The van der Waals surface area contributed by atoms with Crippen LogP contribution in [-0.2, 0) is 0 Å². The van der Waals surface area contributed by atoms with Crippen LogP contribution in [0.2, 0.25) is 5.02 Å². The number of hydrogen-bond acceptors (Lipinski definition) is 5. The van der Waals surface area contributed by atoms with E-state index in [4.69, 9.17) is 32.6 Å². The van der Waals surface area contributed by atoms with Gasteiger partial charge in [0.15, 0.2) is 5.58 Å². The Morgan fingerprint density at radius 3 is 2.24 bits per heavy atom. The lowest BCUT2D eigenvalue weighted by molar-refractivity contribution is 0.0692. The lowest BCUT2D eigenvalue weighted by Gasteiger charge is -1.98. The van der Waals surface area contributed by atoms with Gasteiger partial charge in [0, 0.05) is 16.4 Å². The fourth-order valence-corrected chi connectivity index (χ4v) is 2.59. The lowest BCUT2D eigenvalue weighted by Crippen LogP contribution is -2.00. The van der Waals surface area contributed by atoms with Crippen LogP contribution in [0.5, 0.6) is 0 Å². The number of aromatic nitrogens is 1. The minimum atomic E-state index is -1.29. The van der Waals surface area contributed by atoms with Gasteiger partial charge < -0.3 is 21.0 Å². The summed E-state index contributed by atoms with van der Waals surface area (Å²) in [4.78, 5) is 14.5. The monoisotopic (exact) mass is 417 g/mol. The number of hydrogen-bond donors (Lipinski definition) is 3. The first-order valence-electron chi connectivity index (χ1n) is 8.14. The molecule has 5 N–H and O–H groups in total. The molecule has 9 heteroatoms. The molecule has 148 valence electrons. The molecule has 0 saturated heterocycles. The van der Waals surface area contributed by atoms with E-state index in [1.807, 2.05) is 0 Å². The minimum absolute atomic E-state index is 0.213. The number of carboxylic acid groups (broad SMARTS) is 1. The number of fused-ring (bicyclic) bond motifs is 1. The second kappa shape index (κ2) is 8.15. The first-order chi connectivity index (χ1) is 13.7. The third-order valence-corrected chi connectivity index (χ3v) is 4.03. The van der Waals surface area contributed by atoms with Crippen molar-refractivity contribution >= 4 is 40.0 Å². The van der Waals surface area contributed by atoms with Crippen molar-refractivity contribution in [3.63, 3.8) is 0 Å². The van der Waals surface area contributed by atoms with Crippen molar-refractivity contribution in [1.82, 2.24) is 4.98 Å². The van der Waals surface area contributed by atoms with E-state index >= 15 is 0 Å². The van der Waals surface area contributed by atoms with E-state index in [2.05, 4.69) is 4.98 Å². The van der Waals surface area contributed by atoms with E-state index in [0.29, 0.717) is 21.8 Å². The Hall–Kier alpha value is -3.65. The summed E-state index contributed by atoms with van der Waals surface area (Å²) < 4.78 is 31.9. The Morgan fingerprint density at radius 1 is 0.966 bits per heavy atom. The van der Waals surface area contributed by atoms with Crippen LogP contribution in [-0.4, -0.2) is 16.1 Å². The van der Waals surface area contributed by atoms with Crippen molar-refractivity contribution in [2.45, 2.75) is 0 Å². The molecule has 1 aromatic heterocycles. The number of aromatic carboxylic acids is 1. The van der Waals surface area contributed by atoms with E-state index in [9.17, 15) is 13.6 Å². The average Bonchev–Trinajstić information content (AvgIpc) is 3.04. The van der Waals surface area contributed by atoms with Crippen molar-refractivity contribution in [1.29, 1.82) is 0 Å². The third-order valence-electron chi connectivity index (χ3n) is 3.80. The Balaban J connectivity index is 0.000000188. The number of nitrogens with zero attached hydrogens (tertiary/aromatic N) is 1. The summed E-state index contributed by atoms with van der Waals surface area (Å²) in [6.07, 6.45) is 0. The molecule has 1 heterocycles. The number of rotatable bonds is 2. The molecule has 0 unspecified atom stereocenters. The first-order valence-corrected chi connectivity index (χ1v) is 8.52. The molecular formula is C20H14ClF2N3O3. The molecule has 0 spiro atoms. The van der Waals surface area contributed by atoms with Crippen molar-refractivity contribution in [2.24, 2.45) is 0 Å². The fraction of sp³-hybridized carbons (Fsp3) is 0. The second-order valence-electron chi connectivity index (χ2n) is 5.91. The number of oxazole rings is 1. The molecule has 29 heavy (non-hydrogen) atoms. The standard InChI is InChI=1S/C13H8ClFN2O.C7H6FNO2/c14-7-1-4-12-11(5-7)17-13(18-12)9-3-2-8(16)6-10(9)15;8-6-3-4(9)1-2-5(6)7(10)11/h1-6H,16H2;1-3H,9H2,(H,10,11). The molecule has 0 aliphatic carbocycles. The quantitative estimate of drug-likeness (QED) is 0.396. The van der Waals surface area contributed by atoms with Crippen LogP contribution in [0.1, 0.15) is 10.4 Å². The summed E-state index contributed by atoms with van der Waals surface area (Å²) in [5.41, 5.74) is 12.3. The highest BCUT2D eigenvalue weighted by atomic mass is 35.5. The van der Waals surface area contributed by atoms with Gasteiger partial charge in [-0.1, -0.05) is 11.6 Å². The summed E-state index contributed by atoms with van der Waals surface area (Å²) in [6, 6.07) is 12.9. The molecule has 0 atom stereocenters. The molecule has 6 nitrogen and oxygen atoms in total. The zero-order valence-electron chi connectivity index (χ0n) is 14.7. The maximum atomic E-state index is 13.7. The predicted molar refractivity (Wildman–Crippen MR) is 107 cm³/mol. The van der Waals surface area contributed by atoms with Gasteiger partial charge >= 0.3 is 5.97 Å². The average molecular weight is 418 g/mol. The fourth-order valence-electron chi connectivity index (χ4n) is 2.43. The molecule has 0 amide bonds. The molecule has 0 aliphatic heterocycles.